The molecule has 0 aromatic carbocycles. The van der Waals surface area contributed by atoms with E-state index in [1.165, 1.54) is 0 Å². The van der Waals surface area contributed by atoms with Gasteiger partial charge in [0.25, 0.3) is 5.95 Å². The Hall–Kier alpha value is -3.89. The first kappa shape index (κ1) is 13.5. The summed E-state index contributed by atoms with van der Waals surface area (Å²) in [5.41, 5.74) is 21.2. The number of guanidine groups is 2. The normalized spacial score (nSPS) is 12.0. The Morgan fingerprint density at radius 1 is 1.05 bits per heavy atom. The number of hydrogen-bond donors (Lipinski definition) is 7. The van der Waals surface area contributed by atoms with Crippen molar-refractivity contribution in [2.75, 3.05) is 11.5 Å². The molecular formula is C7H11N14+. The summed E-state index contributed by atoms with van der Waals surface area (Å²) in [4.78, 5) is 18.4. The van der Waals surface area contributed by atoms with E-state index in [1.807, 2.05) is 0 Å². The fourth-order valence-corrected chi connectivity index (χ4v) is 1.07. The molecule has 0 spiro atoms. The number of H-pyrrole nitrogens is 2. The molecule has 0 amide bonds. The lowest BCUT2D eigenvalue weighted by Crippen LogP contribution is -2.44. The predicted molar refractivity (Wildman–Crippen MR) is 74.5 cm³/mol. The van der Waals surface area contributed by atoms with Crippen molar-refractivity contribution >= 4 is 35.7 Å². The van der Waals surface area contributed by atoms with Gasteiger partial charge in [-0.15, -0.1) is 10.2 Å². The molecule has 2 rings (SSSR count). The van der Waals surface area contributed by atoms with Crippen LogP contribution < -0.4 is 28.1 Å². The molecular weight excluding hydrogens is 280 g/mol. The highest BCUT2D eigenvalue weighted by Gasteiger charge is 2.12. The number of nitrogens with one attached hydrogen (secondary N) is 4. The summed E-state index contributed by atoms with van der Waals surface area (Å²) in [5.74, 6) is 0.131. The first-order chi connectivity index (χ1) is 10.1. The third kappa shape index (κ3) is 3.78. The van der Waals surface area contributed by atoms with Crippen molar-refractivity contribution < 1.29 is 0 Å². The van der Waals surface area contributed by atoms with Gasteiger partial charge in [0.2, 0.25) is 17.9 Å². The van der Waals surface area contributed by atoms with E-state index >= 15 is 0 Å². The van der Waals surface area contributed by atoms with Gasteiger partial charge in [-0.05, 0) is 4.99 Å². The summed E-state index contributed by atoms with van der Waals surface area (Å²) >= 11 is 0. The summed E-state index contributed by atoms with van der Waals surface area (Å²) in [5, 5.41) is 12.1. The molecule has 0 saturated heterocycles. The summed E-state index contributed by atoms with van der Waals surface area (Å²) in [6.07, 6.45) is 0. The Kier molecular flexibility index (Phi) is 3.76. The molecule has 14 heteroatoms. The van der Waals surface area contributed by atoms with Crippen LogP contribution in [0.2, 0.25) is 0 Å². The van der Waals surface area contributed by atoms with Crippen molar-refractivity contribution in [2.24, 2.45) is 15.7 Å². The van der Waals surface area contributed by atoms with Crippen molar-refractivity contribution in [1.82, 2.24) is 41.2 Å². The van der Waals surface area contributed by atoms with Crippen LogP contribution in [0.15, 0.2) is 9.98 Å². The van der Waals surface area contributed by atoms with E-state index in [4.69, 9.17) is 23.8 Å². The van der Waals surface area contributed by atoms with Crippen molar-refractivity contribution in [1.29, 1.82) is 0 Å². The van der Waals surface area contributed by atoms with E-state index in [-0.39, 0.29) is 35.7 Å². The maximum absolute atomic E-state index is 5.56. The van der Waals surface area contributed by atoms with E-state index < -0.39 is 0 Å². The number of rotatable bonds is 2. The molecule has 0 aliphatic heterocycles. The number of hydrazine groups is 1. The summed E-state index contributed by atoms with van der Waals surface area (Å²) in [6.45, 7) is 5.14. The number of aromatic amines is 2. The molecule has 108 valence electrons. The van der Waals surface area contributed by atoms with Crippen LogP contribution in [0.4, 0.5) is 23.8 Å². The highest BCUT2D eigenvalue weighted by Crippen LogP contribution is 2.04. The minimum absolute atomic E-state index is 0.0308. The second kappa shape index (κ2) is 5.83. The standard InChI is InChI=1S/C7H11N14/c1-11-5(15-7-14-4(10)18-21-7)19-16-2(8)12-6-13-3(9)17-20-6/h1H,(H4,10,14,15,18,19,21)(H6,8,9,12,13,16,17,20)/q+1. The molecule has 14 nitrogen and oxygen atoms in total. The van der Waals surface area contributed by atoms with E-state index in [2.05, 4.69) is 56.0 Å². The van der Waals surface area contributed by atoms with Gasteiger partial charge in [0.15, 0.2) is 0 Å². The van der Waals surface area contributed by atoms with Crippen molar-refractivity contribution in [3.8, 4) is 6.57 Å². The summed E-state index contributed by atoms with van der Waals surface area (Å²) in [6, 6.07) is 0. The van der Waals surface area contributed by atoms with Crippen LogP contribution in [0.25, 0.3) is 4.85 Å². The maximum atomic E-state index is 5.56. The van der Waals surface area contributed by atoms with Crippen molar-refractivity contribution in [3.63, 3.8) is 0 Å². The van der Waals surface area contributed by atoms with E-state index in [0.29, 0.717) is 0 Å². The van der Waals surface area contributed by atoms with Gasteiger partial charge in [0.05, 0.1) is 0 Å². The van der Waals surface area contributed by atoms with E-state index in [0.717, 1.165) is 0 Å². The van der Waals surface area contributed by atoms with E-state index in [9.17, 15) is 0 Å². The van der Waals surface area contributed by atoms with Crippen LogP contribution in [0.3, 0.4) is 0 Å². The molecule has 2 heterocycles. The number of hydrogen-bond acceptors (Lipinski definition) is 8. The number of aromatic nitrogens is 6. The van der Waals surface area contributed by atoms with Crippen LogP contribution in [0, 0.1) is 6.57 Å². The van der Waals surface area contributed by atoms with Gasteiger partial charge in [-0.3, -0.25) is 0 Å². The van der Waals surface area contributed by atoms with Crippen LogP contribution in [0.1, 0.15) is 0 Å². The van der Waals surface area contributed by atoms with Crippen LogP contribution in [0.5, 0.6) is 0 Å². The maximum Gasteiger partial charge on any atom is 0.514 e. The number of nitrogen functional groups attached to an aromatic ring is 2. The summed E-state index contributed by atoms with van der Waals surface area (Å²) in [7, 11) is 0. The lowest BCUT2D eigenvalue weighted by Gasteiger charge is -1.98. The van der Waals surface area contributed by atoms with Crippen LogP contribution >= 0.6 is 0 Å². The van der Waals surface area contributed by atoms with Gasteiger partial charge in [-0.25, -0.2) is 15.6 Å². The number of anilines is 2. The molecule has 0 radical (unpaired) electrons. The average molecular weight is 291 g/mol. The zero-order valence-electron chi connectivity index (χ0n) is 10.4. The molecule has 0 bridgehead atoms. The zero-order valence-corrected chi connectivity index (χ0v) is 10.4. The average Bonchev–Trinajstić information content (AvgIpc) is 3.03. The van der Waals surface area contributed by atoms with Crippen LogP contribution in [-0.2, 0) is 0 Å². The van der Waals surface area contributed by atoms with Gasteiger partial charge >= 0.3 is 11.9 Å². The lowest BCUT2D eigenvalue weighted by molar-refractivity contribution is 0.852. The second-order valence-electron chi connectivity index (χ2n) is 3.35. The zero-order chi connectivity index (χ0) is 15.2. The highest BCUT2D eigenvalue weighted by atomic mass is 15.5. The third-order valence-corrected chi connectivity index (χ3v) is 1.83. The second-order valence-corrected chi connectivity index (χ2v) is 3.35. The molecule has 21 heavy (non-hydrogen) atoms. The fraction of sp³-hybridized carbons (Fsp3) is 0. The topological polar surface area (TPSA) is 214 Å². The summed E-state index contributed by atoms with van der Waals surface area (Å²) < 4.78 is 0. The smallest absolute Gasteiger partial charge is 0.368 e. The number of nitrogens with two attached hydrogens (primary N) is 3. The number of aliphatic imine (C=N–C) groups is 2. The Morgan fingerprint density at radius 3 is 2.10 bits per heavy atom. The SMILES string of the molecule is C#[N+]C(=Nc1n[nH]c(N)n1)NNC(N)=Nc1n[nH]c(N)n1. The Balaban J connectivity index is 1.98. The minimum atomic E-state index is -0.0835. The Morgan fingerprint density at radius 2 is 1.62 bits per heavy atom. The molecule has 0 aliphatic rings. The molecule has 0 saturated carbocycles. The largest absolute Gasteiger partial charge is 0.514 e. The lowest BCUT2D eigenvalue weighted by atomic mass is 10.9. The molecule has 2 aromatic heterocycles. The molecule has 0 aliphatic carbocycles. The Labute approximate surface area is 116 Å². The highest BCUT2D eigenvalue weighted by molar-refractivity contribution is 5.93. The molecule has 0 unspecified atom stereocenters. The fourth-order valence-electron chi connectivity index (χ4n) is 1.07. The van der Waals surface area contributed by atoms with E-state index in [1.54, 1.807) is 0 Å². The molecule has 0 atom stereocenters. The van der Waals surface area contributed by atoms with Gasteiger partial charge in [-0.2, -0.15) is 25.2 Å². The molecule has 0 fully saturated rings. The van der Waals surface area contributed by atoms with Gasteiger partial charge < -0.3 is 17.2 Å². The van der Waals surface area contributed by atoms with Crippen LogP contribution in [-0.4, -0.2) is 42.3 Å². The first-order valence-electron chi connectivity index (χ1n) is 5.28. The Bertz CT molecular complexity index is 712. The monoisotopic (exact) mass is 291 g/mol. The minimum Gasteiger partial charge on any atom is -0.368 e. The van der Waals surface area contributed by atoms with Gasteiger partial charge in [-0.1, -0.05) is 0 Å². The third-order valence-electron chi connectivity index (χ3n) is 1.83. The molecule has 2 aromatic rings. The van der Waals surface area contributed by atoms with Crippen molar-refractivity contribution in [2.45, 2.75) is 0 Å². The van der Waals surface area contributed by atoms with Gasteiger partial charge in [0, 0.05) is 0 Å². The first-order valence-corrected chi connectivity index (χ1v) is 5.28. The quantitative estimate of drug-likeness (QED) is 0.181. The van der Waals surface area contributed by atoms with Gasteiger partial charge in [0.1, 0.15) is 6.57 Å². The van der Waals surface area contributed by atoms with Crippen molar-refractivity contribution in [3.05, 3.63) is 4.85 Å². The predicted octanol–water partition coefficient (Wildman–Crippen LogP) is -2.22. The molecule has 10 N–H and O–H groups in total. The number of nitrogens with zero attached hydrogens (tertiary/aromatic N) is 7.